The molecule has 27 heavy (non-hydrogen) atoms. The van der Waals surface area contributed by atoms with Crippen LogP contribution in [0.4, 0.5) is 5.13 Å². The summed E-state index contributed by atoms with van der Waals surface area (Å²) >= 11 is 1.49. The van der Waals surface area contributed by atoms with Gasteiger partial charge >= 0.3 is 0 Å². The SMILES string of the molecule is COc1cc2ccccc2cc1C(=O)Nc1nc2c(C(C)C)cccc2s1. The highest BCUT2D eigenvalue weighted by Crippen LogP contribution is 2.32. The van der Waals surface area contributed by atoms with Crippen LogP contribution < -0.4 is 10.1 Å². The Balaban J connectivity index is 1.71. The fourth-order valence-electron chi connectivity index (χ4n) is 3.22. The van der Waals surface area contributed by atoms with Crippen LogP contribution in [0.15, 0.2) is 54.6 Å². The number of benzene rings is 3. The number of anilines is 1. The van der Waals surface area contributed by atoms with Crippen LogP contribution >= 0.6 is 11.3 Å². The number of hydrogen-bond acceptors (Lipinski definition) is 4. The Morgan fingerprint density at radius 1 is 1.07 bits per heavy atom. The monoisotopic (exact) mass is 376 g/mol. The molecule has 4 nitrogen and oxygen atoms in total. The zero-order valence-corrected chi connectivity index (χ0v) is 16.3. The molecule has 3 aromatic carbocycles. The van der Waals surface area contributed by atoms with Crippen molar-refractivity contribution in [3.63, 3.8) is 0 Å². The third kappa shape index (κ3) is 3.26. The highest BCUT2D eigenvalue weighted by molar-refractivity contribution is 7.22. The molecule has 0 saturated heterocycles. The summed E-state index contributed by atoms with van der Waals surface area (Å²) < 4.78 is 6.52. The number of rotatable bonds is 4. The van der Waals surface area contributed by atoms with Crippen molar-refractivity contribution >= 4 is 43.4 Å². The van der Waals surface area contributed by atoms with Gasteiger partial charge in [0.2, 0.25) is 0 Å². The Kier molecular flexibility index (Phi) is 4.54. The van der Waals surface area contributed by atoms with Gasteiger partial charge in [0.25, 0.3) is 5.91 Å². The first kappa shape index (κ1) is 17.5. The number of thiazole rings is 1. The summed E-state index contributed by atoms with van der Waals surface area (Å²) in [6.07, 6.45) is 0. The number of aromatic nitrogens is 1. The molecule has 0 unspecified atom stereocenters. The third-order valence-electron chi connectivity index (χ3n) is 4.61. The number of carbonyl (C=O) groups is 1. The van der Waals surface area contributed by atoms with E-state index in [9.17, 15) is 4.79 Å². The maximum Gasteiger partial charge on any atom is 0.261 e. The van der Waals surface area contributed by atoms with E-state index in [2.05, 4.69) is 30.2 Å². The summed E-state index contributed by atoms with van der Waals surface area (Å²) in [5.41, 5.74) is 2.64. The van der Waals surface area contributed by atoms with E-state index >= 15 is 0 Å². The van der Waals surface area contributed by atoms with Crippen molar-refractivity contribution in [2.24, 2.45) is 0 Å². The smallest absolute Gasteiger partial charge is 0.261 e. The van der Waals surface area contributed by atoms with Crippen LogP contribution in [0.5, 0.6) is 5.75 Å². The molecule has 0 bridgehead atoms. The average molecular weight is 376 g/mol. The third-order valence-corrected chi connectivity index (χ3v) is 5.54. The van der Waals surface area contributed by atoms with Gasteiger partial charge in [-0.05, 0) is 40.5 Å². The lowest BCUT2D eigenvalue weighted by molar-refractivity contribution is 0.102. The van der Waals surface area contributed by atoms with Gasteiger partial charge in [-0.25, -0.2) is 4.98 Å². The maximum atomic E-state index is 12.9. The minimum Gasteiger partial charge on any atom is -0.496 e. The van der Waals surface area contributed by atoms with E-state index in [4.69, 9.17) is 4.74 Å². The van der Waals surface area contributed by atoms with Crippen LogP contribution in [0.3, 0.4) is 0 Å². The molecule has 4 aromatic rings. The number of nitrogens with one attached hydrogen (secondary N) is 1. The number of ether oxygens (including phenoxy) is 1. The number of nitrogens with zero attached hydrogens (tertiary/aromatic N) is 1. The van der Waals surface area contributed by atoms with E-state index in [0.717, 1.165) is 21.0 Å². The molecule has 0 aliphatic heterocycles. The number of para-hydroxylation sites is 1. The second kappa shape index (κ2) is 7.00. The molecule has 0 spiro atoms. The van der Waals surface area contributed by atoms with Crippen LogP contribution in [-0.4, -0.2) is 18.0 Å². The number of amides is 1. The first-order chi connectivity index (χ1) is 13.1. The highest BCUT2D eigenvalue weighted by atomic mass is 32.1. The first-order valence-electron chi connectivity index (χ1n) is 8.84. The van der Waals surface area contributed by atoms with E-state index in [1.165, 1.54) is 16.9 Å². The summed E-state index contributed by atoms with van der Waals surface area (Å²) in [6, 6.07) is 17.8. The van der Waals surface area contributed by atoms with E-state index in [0.29, 0.717) is 22.4 Å². The molecule has 0 aliphatic rings. The van der Waals surface area contributed by atoms with Gasteiger partial charge in [-0.3, -0.25) is 10.1 Å². The van der Waals surface area contributed by atoms with Crippen LogP contribution in [-0.2, 0) is 0 Å². The minimum atomic E-state index is -0.220. The summed E-state index contributed by atoms with van der Waals surface area (Å²) in [4.78, 5) is 17.6. The number of hydrogen-bond donors (Lipinski definition) is 1. The van der Waals surface area contributed by atoms with Crippen molar-refractivity contribution in [3.05, 3.63) is 65.7 Å². The fourth-order valence-corrected chi connectivity index (χ4v) is 4.12. The van der Waals surface area contributed by atoms with Crippen LogP contribution in [0.25, 0.3) is 21.0 Å². The topological polar surface area (TPSA) is 51.2 Å². The van der Waals surface area contributed by atoms with Crippen molar-refractivity contribution in [1.82, 2.24) is 4.98 Å². The Morgan fingerprint density at radius 2 is 1.81 bits per heavy atom. The van der Waals surface area contributed by atoms with Crippen molar-refractivity contribution in [3.8, 4) is 5.75 Å². The largest absolute Gasteiger partial charge is 0.496 e. The van der Waals surface area contributed by atoms with Crippen LogP contribution in [0, 0.1) is 0 Å². The van der Waals surface area contributed by atoms with Crippen LogP contribution in [0.2, 0.25) is 0 Å². The van der Waals surface area contributed by atoms with Gasteiger partial charge in [-0.2, -0.15) is 0 Å². The van der Waals surface area contributed by atoms with Crippen molar-refractivity contribution in [2.75, 3.05) is 12.4 Å². The molecule has 136 valence electrons. The standard InChI is InChI=1S/C22H20N2O2S/c1-13(2)16-9-6-10-19-20(16)23-22(27-19)24-21(25)17-11-14-7-4-5-8-15(14)12-18(17)26-3/h4-13H,1-3H3,(H,23,24,25). The molecular formula is C22H20N2O2S. The van der Waals surface area contributed by atoms with Crippen molar-refractivity contribution in [1.29, 1.82) is 0 Å². The average Bonchev–Trinajstić information content (AvgIpc) is 3.08. The zero-order valence-electron chi connectivity index (χ0n) is 15.4. The molecule has 1 aromatic heterocycles. The van der Waals surface area contributed by atoms with E-state index in [1.807, 2.05) is 48.5 Å². The molecule has 4 rings (SSSR count). The Hall–Kier alpha value is -2.92. The summed E-state index contributed by atoms with van der Waals surface area (Å²) in [5, 5.41) is 5.57. The predicted molar refractivity (Wildman–Crippen MR) is 112 cm³/mol. The Bertz CT molecular complexity index is 1150. The van der Waals surface area contributed by atoms with Gasteiger partial charge in [0.05, 0.1) is 22.9 Å². The molecule has 5 heteroatoms. The Morgan fingerprint density at radius 3 is 2.52 bits per heavy atom. The summed E-state index contributed by atoms with van der Waals surface area (Å²) in [5.74, 6) is 0.706. The minimum absolute atomic E-state index is 0.220. The molecular weight excluding hydrogens is 356 g/mol. The van der Waals surface area contributed by atoms with Gasteiger partial charge in [-0.1, -0.05) is 61.6 Å². The molecule has 0 atom stereocenters. The second-order valence-electron chi connectivity index (χ2n) is 6.72. The van der Waals surface area contributed by atoms with Gasteiger partial charge in [0, 0.05) is 0 Å². The first-order valence-corrected chi connectivity index (χ1v) is 9.66. The molecule has 0 aliphatic carbocycles. The quantitative estimate of drug-likeness (QED) is 0.487. The zero-order chi connectivity index (χ0) is 19.0. The molecule has 1 heterocycles. The van der Waals surface area contributed by atoms with E-state index in [1.54, 1.807) is 7.11 Å². The fraction of sp³-hybridized carbons (Fsp3) is 0.182. The van der Waals surface area contributed by atoms with Gasteiger partial charge in [-0.15, -0.1) is 0 Å². The van der Waals surface area contributed by atoms with E-state index < -0.39 is 0 Å². The lowest BCUT2D eigenvalue weighted by Crippen LogP contribution is -2.13. The van der Waals surface area contributed by atoms with Gasteiger partial charge < -0.3 is 4.74 Å². The van der Waals surface area contributed by atoms with Gasteiger partial charge in [0.15, 0.2) is 5.13 Å². The van der Waals surface area contributed by atoms with Crippen molar-refractivity contribution < 1.29 is 9.53 Å². The number of methoxy groups -OCH3 is 1. The number of carbonyl (C=O) groups excluding carboxylic acids is 1. The molecule has 1 N–H and O–H groups in total. The predicted octanol–water partition coefficient (Wildman–Crippen LogP) is 5.83. The highest BCUT2D eigenvalue weighted by Gasteiger charge is 2.17. The maximum absolute atomic E-state index is 12.9. The number of fused-ring (bicyclic) bond motifs is 2. The second-order valence-corrected chi connectivity index (χ2v) is 7.75. The molecule has 0 radical (unpaired) electrons. The molecule has 0 saturated carbocycles. The molecule has 1 amide bonds. The van der Waals surface area contributed by atoms with E-state index in [-0.39, 0.29) is 5.91 Å². The van der Waals surface area contributed by atoms with Crippen molar-refractivity contribution in [2.45, 2.75) is 19.8 Å². The Labute approximate surface area is 161 Å². The summed E-state index contributed by atoms with van der Waals surface area (Å²) in [6.45, 7) is 4.29. The lowest BCUT2D eigenvalue weighted by Gasteiger charge is -2.10. The van der Waals surface area contributed by atoms with Gasteiger partial charge in [0.1, 0.15) is 5.75 Å². The summed E-state index contributed by atoms with van der Waals surface area (Å²) in [7, 11) is 1.58. The lowest BCUT2D eigenvalue weighted by atomic mass is 10.0. The van der Waals surface area contributed by atoms with Crippen LogP contribution in [0.1, 0.15) is 35.7 Å². The molecule has 0 fully saturated rings. The normalized spacial score (nSPS) is 11.3.